The van der Waals surface area contributed by atoms with Crippen LogP contribution in [0.3, 0.4) is 0 Å². The quantitative estimate of drug-likeness (QED) is 0.327. The Kier molecular flexibility index (Phi) is 1.13. The second-order valence-electron chi connectivity index (χ2n) is 1.02. The molecule has 0 unspecified atom stereocenters. The molecule has 0 rings (SSSR count). The number of carbonyl (C=O) groups is 1. The fraction of sp³-hybridized carbons (Fsp3) is 0.800. The Morgan fingerprint density at radius 2 is 2.89 bits per heavy atom. The van der Waals surface area contributed by atoms with Crippen LogP contribution in [-0.2, 0) is 4.79 Å². The number of hydrogen-bond donors (Lipinski definition) is 0. The minimum atomic E-state index is -3.24. The predicted molar refractivity (Wildman–Crippen MR) is 33.9 cm³/mol. The summed E-state index contributed by atoms with van der Waals surface area (Å²) >= 11 is 0. The van der Waals surface area contributed by atoms with Gasteiger partial charge in [-0.25, -0.2) is 0 Å². The van der Waals surface area contributed by atoms with Gasteiger partial charge in [0.25, 0.3) is 0 Å². The van der Waals surface area contributed by atoms with Gasteiger partial charge in [-0.3, -0.25) is 0 Å². The highest BCUT2D eigenvalue weighted by molar-refractivity contribution is 5.75. The van der Waals surface area contributed by atoms with E-state index in [0.717, 1.165) is 0 Å². The largest absolute Gasteiger partial charge is 0.300 e. The maximum absolute atomic E-state index is 11.2. The first-order valence-electron chi connectivity index (χ1n) is 5.52. The zero-order chi connectivity index (χ0) is 13.2. The lowest BCUT2D eigenvalue weighted by molar-refractivity contribution is -0.117. The molecule has 0 aromatic carbocycles. The van der Waals surface area contributed by atoms with E-state index in [9.17, 15) is 4.79 Å². The molecule has 0 N–H and O–H groups in total. The van der Waals surface area contributed by atoms with Gasteiger partial charge >= 0.3 is 0 Å². The molecule has 0 fully saturated rings. The number of hydrogen-bond acceptors (Lipinski definition) is 2. The van der Waals surface area contributed by atoms with Crippen LogP contribution in [0.1, 0.15) is 29.2 Å². The van der Waals surface area contributed by atoms with Crippen LogP contribution in [0.25, 0.3) is 10.4 Å². The number of ketones is 1. The summed E-state index contributed by atoms with van der Waals surface area (Å²) in [5.41, 5.74) is 7.97. The van der Waals surface area contributed by atoms with E-state index in [0.29, 0.717) is 0 Å². The summed E-state index contributed by atoms with van der Waals surface area (Å²) in [5.74, 6) is -1.85. The van der Waals surface area contributed by atoms with Gasteiger partial charge in [-0.1, -0.05) is 5.11 Å². The van der Waals surface area contributed by atoms with Gasteiger partial charge in [0.1, 0.15) is 5.78 Å². The molecular weight excluding hydrogens is 118 g/mol. The summed E-state index contributed by atoms with van der Waals surface area (Å²) in [7, 11) is 0. The van der Waals surface area contributed by atoms with Crippen LogP contribution in [0, 0.1) is 0 Å². The first kappa shape index (κ1) is 1.99. The summed E-state index contributed by atoms with van der Waals surface area (Å²) in [6.45, 7) is -4.20. The van der Waals surface area contributed by atoms with E-state index in [4.69, 9.17) is 15.1 Å². The summed E-state index contributed by atoms with van der Waals surface area (Å²) < 4.78 is 48.9. The standard InChI is InChI=1S/C5H9N3O/c1-5(9)3-2-4-7-8-6/h2-4H2,1H3/i1D3,2D2,3D2. The van der Waals surface area contributed by atoms with Crippen molar-refractivity contribution in [3.63, 3.8) is 0 Å². The molecule has 0 aliphatic rings. The molecule has 0 saturated carbocycles. The monoisotopic (exact) mass is 134 g/mol. The Balaban J connectivity index is 5.18. The van der Waals surface area contributed by atoms with Crippen molar-refractivity contribution in [1.82, 2.24) is 0 Å². The van der Waals surface area contributed by atoms with Crippen molar-refractivity contribution in [3.05, 3.63) is 10.4 Å². The predicted octanol–water partition coefficient (Wildman–Crippen LogP) is 1.67. The summed E-state index contributed by atoms with van der Waals surface area (Å²) in [5, 5.41) is 2.80. The van der Waals surface area contributed by atoms with E-state index in [-0.39, 0.29) is 0 Å². The topological polar surface area (TPSA) is 65.8 Å². The molecule has 0 aliphatic carbocycles. The number of rotatable bonds is 4. The molecule has 0 bridgehead atoms. The lowest BCUT2D eigenvalue weighted by Gasteiger charge is -1.87. The average Bonchev–Trinajstić information content (AvgIpc) is 2.11. The normalized spacial score (nSPS) is 24.2. The van der Waals surface area contributed by atoms with Crippen molar-refractivity contribution < 1.29 is 14.4 Å². The number of azide groups is 1. The van der Waals surface area contributed by atoms with E-state index in [1.165, 1.54) is 0 Å². The minimum Gasteiger partial charge on any atom is -0.300 e. The van der Waals surface area contributed by atoms with Crippen molar-refractivity contribution in [2.45, 2.75) is 19.6 Å². The van der Waals surface area contributed by atoms with Crippen molar-refractivity contribution >= 4 is 5.78 Å². The van der Waals surface area contributed by atoms with Gasteiger partial charge in [-0.2, -0.15) is 0 Å². The summed E-state index contributed by atoms with van der Waals surface area (Å²) in [6, 6.07) is 0. The molecule has 0 atom stereocenters. The Labute approximate surface area is 63.3 Å². The number of nitrogens with zero attached hydrogens (tertiary/aromatic N) is 3. The third kappa shape index (κ3) is 6.98. The van der Waals surface area contributed by atoms with E-state index in [1.54, 1.807) is 0 Å². The molecule has 0 aliphatic heterocycles. The second-order valence-corrected chi connectivity index (χ2v) is 1.02. The van der Waals surface area contributed by atoms with Crippen LogP contribution in [0.15, 0.2) is 5.11 Å². The second kappa shape index (κ2) is 5.12. The van der Waals surface area contributed by atoms with Gasteiger partial charge in [-0.15, -0.1) is 0 Å². The molecular formula is C5H9N3O. The number of carbonyl (C=O) groups excluding carboxylic acids is 1. The van der Waals surface area contributed by atoms with Crippen molar-refractivity contribution in [3.8, 4) is 0 Å². The number of Topliss-reactive ketones (excluding diaryl/α,β-unsaturated/α-hetero) is 1. The fourth-order valence-corrected chi connectivity index (χ4v) is 0.187. The van der Waals surface area contributed by atoms with Crippen molar-refractivity contribution in [2.24, 2.45) is 5.11 Å². The molecule has 0 aromatic rings. The zero-order valence-electron chi connectivity index (χ0n) is 11.5. The van der Waals surface area contributed by atoms with Gasteiger partial charge in [0, 0.05) is 27.4 Å². The third-order valence-corrected chi connectivity index (χ3v) is 0.415. The minimum absolute atomic E-state index is 0.960. The Hall–Kier alpha value is -1.02. The first-order valence-corrected chi connectivity index (χ1v) is 2.02. The highest BCUT2D eigenvalue weighted by Gasteiger charge is 1.89. The smallest absolute Gasteiger partial charge is 0.129 e. The fourth-order valence-electron chi connectivity index (χ4n) is 0.187. The molecule has 0 aromatic heterocycles. The van der Waals surface area contributed by atoms with E-state index in [2.05, 4.69) is 10.0 Å². The Bertz CT molecular complexity index is 329. The first-order chi connectivity index (χ1) is 6.97. The Morgan fingerprint density at radius 3 is 3.44 bits per heavy atom. The van der Waals surface area contributed by atoms with E-state index in [1.807, 2.05) is 0 Å². The molecule has 50 valence electrons. The molecule has 4 nitrogen and oxygen atoms in total. The van der Waals surface area contributed by atoms with Gasteiger partial charge in [0.2, 0.25) is 0 Å². The molecule has 0 amide bonds. The molecule has 0 saturated heterocycles. The Morgan fingerprint density at radius 1 is 2.11 bits per heavy atom. The van der Waals surface area contributed by atoms with Crippen LogP contribution < -0.4 is 0 Å². The van der Waals surface area contributed by atoms with Crippen LogP contribution in [0.2, 0.25) is 0 Å². The highest BCUT2D eigenvalue weighted by atomic mass is 16.1. The van der Waals surface area contributed by atoms with Crippen molar-refractivity contribution in [2.75, 3.05) is 6.54 Å². The molecule has 0 radical (unpaired) electrons. The van der Waals surface area contributed by atoms with E-state index >= 15 is 0 Å². The van der Waals surface area contributed by atoms with E-state index < -0.39 is 31.9 Å². The van der Waals surface area contributed by atoms with Crippen LogP contribution in [0.5, 0.6) is 0 Å². The average molecular weight is 134 g/mol. The molecule has 4 heteroatoms. The maximum atomic E-state index is 11.2. The maximum Gasteiger partial charge on any atom is 0.129 e. The molecule has 0 heterocycles. The lowest BCUT2D eigenvalue weighted by atomic mass is 10.2. The van der Waals surface area contributed by atoms with Crippen LogP contribution in [-0.4, -0.2) is 12.3 Å². The van der Waals surface area contributed by atoms with Gasteiger partial charge in [0.15, 0.2) is 0 Å². The van der Waals surface area contributed by atoms with Crippen LogP contribution in [0.4, 0.5) is 0 Å². The van der Waals surface area contributed by atoms with Crippen LogP contribution >= 0.6 is 0 Å². The molecule has 9 heavy (non-hydrogen) atoms. The van der Waals surface area contributed by atoms with Gasteiger partial charge in [0.05, 0.1) is 0 Å². The summed E-state index contributed by atoms with van der Waals surface area (Å²) in [6.07, 6.45) is -6.11. The van der Waals surface area contributed by atoms with Crippen molar-refractivity contribution in [1.29, 1.82) is 0 Å². The summed E-state index contributed by atoms with van der Waals surface area (Å²) in [4.78, 5) is 13.4. The third-order valence-electron chi connectivity index (χ3n) is 0.415. The zero-order valence-corrected chi connectivity index (χ0v) is 4.46. The SMILES string of the molecule is [2H]C([2H])([2H])C(=O)C([2H])([2H])C([2H])([2H])CN=[N+]=[N-]. The lowest BCUT2D eigenvalue weighted by Crippen LogP contribution is -1.90. The van der Waals surface area contributed by atoms with Gasteiger partial charge in [-0.05, 0) is 18.8 Å². The van der Waals surface area contributed by atoms with Gasteiger partial charge < -0.3 is 4.79 Å². The highest BCUT2D eigenvalue weighted by Crippen LogP contribution is 1.89. The molecule has 0 spiro atoms.